The fourth-order valence-corrected chi connectivity index (χ4v) is 1.80. The highest BCUT2D eigenvalue weighted by Gasteiger charge is 2.20. The molecule has 2 heterocycles. The van der Waals surface area contributed by atoms with Gasteiger partial charge >= 0.3 is 0 Å². The van der Waals surface area contributed by atoms with Crippen molar-refractivity contribution >= 4 is 34.3 Å². The molecule has 0 amide bonds. The first-order valence-electron chi connectivity index (χ1n) is 4.86. The van der Waals surface area contributed by atoms with Crippen LogP contribution in [0.25, 0.3) is 0 Å². The van der Waals surface area contributed by atoms with Crippen molar-refractivity contribution in [1.29, 1.82) is 0 Å². The van der Waals surface area contributed by atoms with Gasteiger partial charge in [-0.2, -0.15) is 0 Å². The molecule has 0 radical (unpaired) electrons. The molecule has 1 saturated heterocycles. The van der Waals surface area contributed by atoms with Gasteiger partial charge in [-0.05, 0) is 15.9 Å². The Balaban J connectivity index is 0.00000128. The predicted octanol–water partition coefficient (Wildman–Crippen LogP) is 0.431. The van der Waals surface area contributed by atoms with E-state index in [0.717, 1.165) is 30.1 Å². The molecule has 5 nitrogen and oxygen atoms in total. The number of piperazine rings is 1. The lowest BCUT2D eigenvalue weighted by molar-refractivity contribution is 0.235. The summed E-state index contributed by atoms with van der Waals surface area (Å²) in [5, 5.41) is 12.3. The summed E-state index contributed by atoms with van der Waals surface area (Å²) in [6.07, 6.45) is 3.47. The Hall–Kier alpha value is -0.430. The van der Waals surface area contributed by atoms with Crippen LogP contribution in [-0.2, 0) is 0 Å². The van der Waals surface area contributed by atoms with Gasteiger partial charge < -0.3 is 15.3 Å². The molecule has 0 aromatic carbocycles. The number of aromatic nitrogens is 2. The lowest BCUT2D eigenvalue weighted by Gasteiger charge is -2.32. The smallest absolute Gasteiger partial charge is 0.225 e. The number of aliphatic hydroxyl groups is 1. The van der Waals surface area contributed by atoms with E-state index in [1.54, 1.807) is 12.4 Å². The zero-order chi connectivity index (χ0) is 10.7. The van der Waals surface area contributed by atoms with Gasteiger partial charge in [-0.3, -0.25) is 0 Å². The number of aliphatic hydroxyl groups excluding tert-OH is 1. The number of hydrogen-bond acceptors (Lipinski definition) is 5. The number of halogens is 2. The molecule has 0 spiro atoms. The Bertz CT molecular complexity index is 324. The third-order valence-electron chi connectivity index (χ3n) is 2.37. The van der Waals surface area contributed by atoms with Crippen molar-refractivity contribution < 1.29 is 5.11 Å². The summed E-state index contributed by atoms with van der Waals surface area (Å²) in [7, 11) is 0. The van der Waals surface area contributed by atoms with Gasteiger partial charge in [-0.1, -0.05) is 0 Å². The van der Waals surface area contributed by atoms with E-state index < -0.39 is 0 Å². The van der Waals surface area contributed by atoms with Gasteiger partial charge in [0, 0.05) is 38.1 Å². The van der Waals surface area contributed by atoms with Gasteiger partial charge in [0.05, 0.1) is 11.1 Å². The summed E-state index contributed by atoms with van der Waals surface area (Å²) in [6.45, 7) is 2.62. The zero-order valence-electron chi connectivity index (χ0n) is 8.64. The molecular weight excluding hydrogens is 295 g/mol. The van der Waals surface area contributed by atoms with Crippen LogP contribution < -0.4 is 10.2 Å². The number of anilines is 1. The molecule has 0 bridgehead atoms. The van der Waals surface area contributed by atoms with Crippen molar-refractivity contribution in [2.45, 2.75) is 6.04 Å². The lowest BCUT2D eigenvalue weighted by atomic mass is 10.2. The highest BCUT2D eigenvalue weighted by atomic mass is 79.9. The van der Waals surface area contributed by atoms with Gasteiger partial charge in [-0.15, -0.1) is 12.4 Å². The third-order valence-corrected chi connectivity index (χ3v) is 2.77. The molecule has 2 rings (SSSR count). The fraction of sp³-hybridized carbons (Fsp3) is 0.556. The van der Waals surface area contributed by atoms with E-state index in [1.165, 1.54) is 0 Å². The van der Waals surface area contributed by atoms with Gasteiger partial charge in [0.15, 0.2) is 0 Å². The maximum atomic E-state index is 9.06. The van der Waals surface area contributed by atoms with Crippen molar-refractivity contribution in [2.24, 2.45) is 0 Å². The number of nitrogens with zero attached hydrogens (tertiary/aromatic N) is 3. The van der Waals surface area contributed by atoms with Crippen LogP contribution in [0.5, 0.6) is 0 Å². The minimum atomic E-state index is 0. The van der Waals surface area contributed by atoms with Crippen molar-refractivity contribution in [1.82, 2.24) is 15.3 Å². The molecule has 0 saturated carbocycles. The Kier molecular flexibility index (Phi) is 5.40. The van der Waals surface area contributed by atoms with Crippen LogP contribution in [0.2, 0.25) is 0 Å². The molecule has 0 aliphatic carbocycles. The van der Waals surface area contributed by atoms with Crippen LogP contribution in [-0.4, -0.2) is 47.4 Å². The quantitative estimate of drug-likeness (QED) is 0.830. The van der Waals surface area contributed by atoms with Crippen LogP contribution in [0.4, 0.5) is 5.95 Å². The van der Waals surface area contributed by atoms with E-state index in [2.05, 4.69) is 36.1 Å². The van der Waals surface area contributed by atoms with Crippen molar-refractivity contribution in [3.63, 3.8) is 0 Å². The maximum absolute atomic E-state index is 9.06. The van der Waals surface area contributed by atoms with E-state index in [-0.39, 0.29) is 25.1 Å². The summed E-state index contributed by atoms with van der Waals surface area (Å²) < 4.78 is 0.875. The summed E-state index contributed by atoms with van der Waals surface area (Å²) in [5.41, 5.74) is 0. The Morgan fingerprint density at radius 3 is 2.81 bits per heavy atom. The van der Waals surface area contributed by atoms with Gasteiger partial charge in [0.1, 0.15) is 0 Å². The van der Waals surface area contributed by atoms with Crippen molar-refractivity contribution in [3.05, 3.63) is 16.9 Å². The van der Waals surface area contributed by atoms with Gasteiger partial charge in [0.2, 0.25) is 5.95 Å². The van der Waals surface area contributed by atoms with Crippen LogP contribution in [0.15, 0.2) is 16.9 Å². The molecule has 1 aliphatic rings. The molecule has 1 fully saturated rings. The number of nitrogens with one attached hydrogen (secondary N) is 1. The summed E-state index contributed by atoms with van der Waals surface area (Å²) in [4.78, 5) is 10.5. The highest BCUT2D eigenvalue weighted by molar-refractivity contribution is 9.10. The first-order chi connectivity index (χ1) is 7.29. The lowest BCUT2D eigenvalue weighted by Crippen LogP contribution is -2.52. The molecule has 7 heteroatoms. The van der Waals surface area contributed by atoms with Crippen LogP contribution in [0.1, 0.15) is 0 Å². The molecule has 1 aromatic heterocycles. The normalized spacial score (nSPS) is 20.4. The molecule has 1 unspecified atom stereocenters. The van der Waals surface area contributed by atoms with Crippen LogP contribution in [0, 0.1) is 0 Å². The van der Waals surface area contributed by atoms with Gasteiger partial charge in [0.25, 0.3) is 0 Å². The Labute approximate surface area is 109 Å². The standard InChI is InChI=1S/C9H13BrN4O.ClH/c10-7-3-12-9(13-4-7)14-2-1-11-8(5-14)6-15;/h3-4,8,11,15H,1-2,5-6H2;1H. The second-order valence-corrected chi connectivity index (χ2v) is 4.40. The molecular formula is C9H14BrClN4O. The first kappa shape index (κ1) is 13.6. The van der Waals surface area contributed by atoms with E-state index in [0.29, 0.717) is 0 Å². The molecule has 1 atom stereocenters. The predicted molar refractivity (Wildman–Crippen MR) is 68.1 cm³/mol. The number of hydrogen-bond donors (Lipinski definition) is 2. The SMILES string of the molecule is Cl.OCC1CN(c2ncc(Br)cn2)CCN1. The summed E-state index contributed by atoms with van der Waals surface area (Å²) in [5.74, 6) is 0.721. The van der Waals surface area contributed by atoms with Crippen LogP contribution in [0.3, 0.4) is 0 Å². The molecule has 1 aromatic rings. The van der Waals surface area contributed by atoms with Crippen molar-refractivity contribution in [3.8, 4) is 0 Å². The minimum Gasteiger partial charge on any atom is -0.395 e. The van der Waals surface area contributed by atoms with Crippen molar-refractivity contribution in [2.75, 3.05) is 31.1 Å². The highest BCUT2D eigenvalue weighted by Crippen LogP contribution is 2.12. The maximum Gasteiger partial charge on any atom is 0.225 e. The topological polar surface area (TPSA) is 61.3 Å². The molecule has 90 valence electrons. The zero-order valence-corrected chi connectivity index (χ0v) is 11.0. The van der Waals surface area contributed by atoms with E-state index >= 15 is 0 Å². The minimum absolute atomic E-state index is 0. The molecule has 1 aliphatic heterocycles. The van der Waals surface area contributed by atoms with Crippen LogP contribution >= 0.6 is 28.3 Å². The average Bonchev–Trinajstić information content (AvgIpc) is 2.30. The molecule has 16 heavy (non-hydrogen) atoms. The molecule has 2 N–H and O–H groups in total. The summed E-state index contributed by atoms with van der Waals surface area (Å²) >= 11 is 3.30. The number of rotatable bonds is 2. The fourth-order valence-electron chi connectivity index (χ4n) is 1.60. The van der Waals surface area contributed by atoms with E-state index in [4.69, 9.17) is 5.11 Å². The second-order valence-electron chi connectivity index (χ2n) is 3.48. The van der Waals surface area contributed by atoms with E-state index in [1.807, 2.05) is 0 Å². The Morgan fingerprint density at radius 2 is 2.19 bits per heavy atom. The third kappa shape index (κ3) is 3.28. The Morgan fingerprint density at radius 1 is 1.50 bits per heavy atom. The van der Waals surface area contributed by atoms with Gasteiger partial charge in [-0.25, -0.2) is 9.97 Å². The summed E-state index contributed by atoms with van der Waals surface area (Å²) in [6, 6.07) is 0.117. The van der Waals surface area contributed by atoms with E-state index in [9.17, 15) is 0 Å². The first-order valence-corrected chi connectivity index (χ1v) is 5.65. The average molecular weight is 310 g/mol. The largest absolute Gasteiger partial charge is 0.395 e. The monoisotopic (exact) mass is 308 g/mol. The second kappa shape index (κ2) is 6.34.